The average Bonchev–Trinajstić information content (AvgIpc) is 3.12. The van der Waals surface area contributed by atoms with E-state index >= 15 is 0 Å². The Hall–Kier alpha value is -6.07. The number of benzene rings is 5. The number of fused-ring (bicyclic) bond motifs is 3. The van der Waals surface area contributed by atoms with Crippen LogP contribution < -0.4 is 0 Å². The zero-order valence-corrected chi connectivity index (χ0v) is 24.6. The van der Waals surface area contributed by atoms with E-state index in [9.17, 15) is 0 Å². The summed E-state index contributed by atoms with van der Waals surface area (Å²) < 4.78 is 0. The topological polar surface area (TPSA) is 64.5 Å². The lowest BCUT2D eigenvalue weighted by Crippen LogP contribution is -2.02. The lowest BCUT2D eigenvalue weighted by Gasteiger charge is -2.13. The second-order valence-electron chi connectivity index (χ2n) is 11.0. The van der Waals surface area contributed by atoms with Gasteiger partial charge >= 0.3 is 0 Å². The van der Waals surface area contributed by atoms with Crippen molar-refractivity contribution >= 4 is 21.8 Å². The van der Waals surface area contributed by atoms with E-state index < -0.39 is 0 Å². The highest BCUT2D eigenvalue weighted by atomic mass is 15.0. The van der Waals surface area contributed by atoms with Gasteiger partial charge in [-0.1, -0.05) is 133 Å². The Bertz CT molecular complexity index is 2300. The molecule has 3 heterocycles. The van der Waals surface area contributed by atoms with E-state index in [2.05, 4.69) is 84.9 Å². The molecule has 0 saturated heterocycles. The molecule has 212 valence electrons. The summed E-state index contributed by atoms with van der Waals surface area (Å²) in [7, 11) is 0. The van der Waals surface area contributed by atoms with Crippen LogP contribution in [-0.4, -0.2) is 24.9 Å². The van der Waals surface area contributed by atoms with Crippen LogP contribution in [0.25, 0.3) is 78.4 Å². The molecule has 0 saturated carbocycles. The Morgan fingerprint density at radius 1 is 0.378 bits per heavy atom. The van der Waals surface area contributed by atoms with Crippen LogP contribution in [0.4, 0.5) is 0 Å². The van der Waals surface area contributed by atoms with Crippen molar-refractivity contribution in [3.8, 4) is 56.5 Å². The van der Waals surface area contributed by atoms with Crippen molar-refractivity contribution in [3.05, 3.63) is 151 Å². The fourth-order valence-electron chi connectivity index (χ4n) is 5.72. The van der Waals surface area contributed by atoms with E-state index in [0.717, 1.165) is 60.9 Å². The number of aromatic nitrogens is 5. The SMILES string of the molecule is Cc1ccc2ccc3c(-c4ccccc4)cc(-c4nc(-c5ccccc5)nc(-c5ccc(-c6ccccc6)cc5)n4)nc3c2n1. The summed E-state index contributed by atoms with van der Waals surface area (Å²) in [6, 6.07) is 49.6. The van der Waals surface area contributed by atoms with Crippen LogP contribution in [0.15, 0.2) is 146 Å². The van der Waals surface area contributed by atoms with Crippen LogP contribution in [-0.2, 0) is 0 Å². The van der Waals surface area contributed by atoms with Crippen molar-refractivity contribution in [1.82, 2.24) is 24.9 Å². The lowest BCUT2D eigenvalue weighted by molar-refractivity contribution is 1.06. The molecule has 0 amide bonds. The van der Waals surface area contributed by atoms with Gasteiger partial charge in [0.2, 0.25) is 0 Å². The van der Waals surface area contributed by atoms with E-state index in [4.69, 9.17) is 24.9 Å². The molecule has 0 N–H and O–H groups in total. The summed E-state index contributed by atoms with van der Waals surface area (Å²) in [4.78, 5) is 25.1. The van der Waals surface area contributed by atoms with Crippen LogP contribution >= 0.6 is 0 Å². The van der Waals surface area contributed by atoms with Crippen molar-refractivity contribution in [2.75, 3.05) is 0 Å². The molecule has 0 fully saturated rings. The first-order valence-corrected chi connectivity index (χ1v) is 14.9. The summed E-state index contributed by atoms with van der Waals surface area (Å²) in [5, 5.41) is 2.07. The first kappa shape index (κ1) is 26.5. The van der Waals surface area contributed by atoms with Gasteiger partial charge in [0.1, 0.15) is 5.69 Å². The van der Waals surface area contributed by atoms with E-state index in [-0.39, 0.29) is 0 Å². The van der Waals surface area contributed by atoms with Gasteiger partial charge in [-0.15, -0.1) is 0 Å². The molecule has 0 atom stereocenters. The summed E-state index contributed by atoms with van der Waals surface area (Å²) in [5.41, 5.74) is 9.55. The van der Waals surface area contributed by atoms with Crippen LogP contribution in [0.3, 0.4) is 0 Å². The Morgan fingerprint density at radius 3 is 1.56 bits per heavy atom. The molecule has 0 radical (unpaired) electrons. The van der Waals surface area contributed by atoms with Crippen LogP contribution in [0.1, 0.15) is 5.69 Å². The number of hydrogen-bond acceptors (Lipinski definition) is 5. The summed E-state index contributed by atoms with van der Waals surface area (Å²) >= 11 is 0. The van der Waals surface area contributed by atoms with Crippen molar-refractivity contribution in [2.45, 2.75) is 6.92 Å². The highest BCUT2D eigenvalue weighted by Gasteiger charge is 2.18. The lowest BCUT2D eigenvalue weighted by atomic mass is 9.98. The predicted octanol–water partition coefficient (Wildman–Crippen LogP) is 9.61. The molecule has 5 aromatic carbocycles. The van der Waals surface area contributed by atoms with Crippen molar-refractivity contribution in [2.24, 2.45) is 0 Å². The second-order valence-corrected chi connectivity index (χ2v) is 11.0. The maximum Gasteiger partial charge on any atom is 0.182 e. The molecule has 8 rings (SSSR count). The van der Waals surface area contributed by atoms with Gasteiger partial charge in [0, 0.05) is 27.6 Å². The van der Waals surface area contributed by atoms with E-state index in [1.165, 1.54) is 0 Å². The molecule has 3 aromatic heterocycles. The standard InChI is InChI=1S/C40H27N5/c1-26-17-18-30-23-24-33-34(29-13-7-3-8-14-29)25-35(42-37(33)36(30)41-26)40-44-38(31-15-9-4-10-16-31)43-39(45-40)32-21-19-28(20-22-32)27-11-5-2-6-12-27/h2-25H,1H3. The first-order chi connectivity index (χ1) is 22.2. The van der Waals surface area contributed by atoms with Gasteiger partial charge < -0.3 is 0 Å². The molecular weight excluding hydrogens is 550 g/mol. The zero-order valence-electron chi connectivity index (χ0n) is 24.6. The normalized spacial score (nSPS) is 11.2. The van der Waals surface area contributed by atoms with Crippen LogP contribution in [0.2, 0.25) is 0 Å². The Kier molecular flexibility index (Phi) is 6.61. The maximum atomic E-state index is 5.21. The van der Waals surface area contributed by atoms with Crippen molar-refractivity contribution in [3.63, 3.8) is 0 Å². The molecule has 45 heavy (non-hydrogen) atoms. The smallest absolute Gasteiger partial charge is 0.182 e. The minimum Gasteiger partial charge on any atom is -0.251 e. The van der Waals surface area contributed by atoms with Gasteiger partial charge in [-0.3, -0.25) is 4.98 Å². The largest absolute Gasteiger partial charge is 0.251 e. The summed E-state index contributed by atoms with van der Waals surface area (Å²) in [6.07, 6.45) is 0. The molecule has 5 nitrogen and oxygen atoms in total. The molecular formula is C40H27N5. The quantitative estimate of drug-likeness (QED) is 0.191. The van der Waals surface area contributed by atoms with Crippen LogP contribution in [0.5, 0.6) is 0 Å². The monoisotopic (exact) mass is 577 g/mol. The van der Waals surface area contributed by atoms with Crippen LogP contribution in [0, 0.1) is 6.92 Å². The Labute approximate surface area is 261 Å². The number of nitrogens with zero attached hydrogens (tertiary/aromatic N) is 5. The first-order valence-electron chi connectivity index (χ1n) is 14.9. The van der Waals surface area contributed by atoms with E-state index in [0.29, 0.717) is 23.2 Å². The fourth-order valence-corrected chi connectivity index (χ4v) is 5.72. The molecule has 0 aliphatic carbocycles. The number of hydrogen-bond donors (Lipinski definition) is 0. The molecule has 0 bridgehead atoms. The molecule has 0 aliphatic rings. The van der Waals surface area contributed by atoms with E-state index in [1.807, 2.05) is 67.6 Å². The van der Waals surface area contributed by atoms with Gasteiger partial charge in [-0.2, -0.15) is 0 Å². The van der Waals surface area contributed by atoms with Gasteiger partial charge in [-0.25, -0.2) is 19.9 Å². The zero-order chi connectivity index (χ0) is 30.2. The molecule has 0 spiro atoms. The average molecular weight is 578 g/mol. The highest BCUT2D eigenvalue weighted by Crippen LogP contribution is 2.35. The minimum atomic E-state index is 0.509. The van der Waals surface area contributed by atoms with Gasteiger partial charge in [0.25, 0.3) is 0 Å². The molecule has 0 aliphatic heterocycles. The predicted molar refractivity (Wildman–Crippen MR) is 182 cm³/mol. The maximum absolute atomic E-state index is 5.21. The van der Waals surface area contributed by atoms with E-state index in [1.54, 1.807) is 0 Å². The third kappa shape index (κ3) is 5.11. The summed E-state index contributed by atoms with van der Waals surface area (Å²) in [5.74, 6) is 1.70. The van der Waals surface area contributed by atoms with Crippen molar-refractivity contribution < 1.29 is 0 Å². The Morgan fingerprint density at radius 2 is 0.889 bits per heavy atom. The second kappa shape index (κ2) is 11.2. The molecule has 0 unspecified atom stereocenters. The fraction of sp³-hybridized carbons (Fsp3) is 0.0250. The molecule has 5 heteroatoms. The summed E-state index contributed by atoms with van der Waals surface area (Å²) in [6.45, 7) is 2.01. The number of aryl methyl sites for hydroxylation is 1. The van der Waals surface area contributed by atoms with Gasteiger partial charge in [0.15, 0.2) is 17.5 Å². The highest BCUT2D eigenvalue weighted by molar-refractivity contribution is 6.09. The van der Waals surface area contributed by atoms with Crippen molar-refractivity contribution in [1.29, 1.82) is 0 Å². The van der Waals surface area contributed by atoms with Gasteiger partial charge in [-0.05, 0) is 41.3 Å². The third-order valence-electron chi connectivity index (χ3n) is 8.01. The third-order valence-corrected chi connectivity index (χ3v) is 8.01. The number of rotatable bonds is 5. The molecule has 8 aromatic rings. The Balaban J connectivity index is 1.36. The number of pyridine rings is 2. The minimum absolute atomic E-state index is 0.509. The van der Waals surface area contributed by atoms with Gasteiger partial charge in [0.05, 0.1) is 11.0 Å².